The molecule has 3 aromatic rings. The Morgan fingerprint density at radius 3 is 2.75 bits per heavy atom. The molecule has 2 aromatic carbocycles. The van der Waals surface area contributed by atoms with Crippen LogP contribution in [0.4, 0.5) is 11.4 Å². The number of carbonyl (C=O) groups excluding carboxylic acids is 3. The summed E-state index contributed by atoms with van der Waals surface area (Å²) in [7, 11) is 0. The van der Waals surface area contributed by atoms with Gasteiger partial charge in [-0.3, -0.25) is 14.4 Å². The number of hydrogen-bond acceptors (Lipinski definition) is 3. The maximum absolute atomic E-state index is 12.5. The molecule has 1 unspecified atom stereocenters. The lowest BCUT2D eigenvalue weighted by Gasteiger charge is -2.14. The molecule has 1 aliphatic rings. The number of fused-ring (bicyclic) bond motifs is 2. The number of amides is 3. The Labute approximate surface area is 187 Å². The van der Waals surface area contributed by atoms with Gasteiger partial charge in [0.15, 0.2) is 0 Å². The third kappa shape index (κ3) is 4.82. The van der Waals surface area contributed by atoms with E-state index in [0.717, 1.165) is 23.9 Å². The van der Waals surface area contributed by atoms with Gasteiger partial charge in [-0.2, -0.15) is 0 Å². The Morgan fingerprint density at radius 2 is 1.94 bits per heavy atom. The molecule has 0 fully saturated rings. The lowest BCUT2D eigenvalue weighted by Crippen LogP contribution is -2.41. The Morgan fingerprint density at radius 1 is 1.12 bits per heavy atom. The van der Waals surface area contributed by atoms with Crippen molar-refractivity contribution in [2.24, 2.45) is 5.92 Å². The van der Waals surface area contributed by atoms with E-state index in [1.165, 1.54) is 0 Å². The Balaban J connectivity index is 1.35. The summed E-state index contributed by atoms with van der Waals surface area (Å²) < 4.78 is 2.23. The third-order valence-electron chi connectivity index (χ3n) is 5.71. The van der Waals surface area contributed by atoms with E-state index in [2.05, 4.69) is 40.6 Å². The van der Waals surface area contributed by atoms with Gasteiger partial charge in [0.1, 0.15) is 6.04 Å². The minimum absolute atomic E-state index is 0.113. The topological polar surface area (TPSA) is 92.2 Å². The molecule has 3 N–H and O–H groups in total. The van der Waals surface area contributed by atoms with Crippen LogP contribution in [0, 0.1) is 5.92 Å². The summed E-state index contributed by atoms with van der Waals surface area (Å²) >= 11 is 0. The van der Waals surface area contributed by atoms with Crippen LogP contribution in [0.5, 0.6) is 0 Å². The van der Waals surface area contributed by atoms with E-state index in [4.69, 9.17) is 0 Å². The smallest absolute Gasteiger partial charge is 0.254 e. The van der Waals surface area contributed by atoms with Crippen LogP contribution in [0.1, 0.15) is 43.5 Å². The number of hydrogen-bond donors (Lipinski definition) is 3. The highest BCUT2D eigenvalue weighted by molar-refractivity contribution is 6.10. The van der Waals surface area contributed by atoms with Gasteiger partial charge in [0.2, 0.25) is 11.8 Å². The minimum Gasteiger partial charge on any atom is -0.347 e. The van der Waals surface area contributed by atoms with E-state index in [1.54, 1.807) is 24.3 Å². The SMILES string of the molecule is CC(C)CCn1ccc2cc(NC(=O)CCC3NC(=O)c4ccccc4NC3=O)ccc21. The molecule has 7 heteroatoms. The van der Waals surface area contributed by atoms with Crippen LogP contribution in [-0.2, 0) is 16.1 Å². The molecule has 0 saturated heterocycles. The standard InChI is InChI=1S/C25H28N4O3/c1-16(2)11-13-29-14-12-17-15-18(7-9-22(17)29)26-23(30)10-8-21-25(32)27-20-6-4-3-5-19(20)24(31)28-21/h3-7,9,12,14-16,21H,8,10-11,13H2,1-2H3,(H,26,30)(H,27,32)(H,28,31). The normalized spacial score (nSPS) is 15.8. The number of aromatic nitrogens is 1. The van der Waals surface area contributed by atoms with Crippen molar-refractivity contribution in [1.82, 2.24) is 9.88 Å². The molecule has 1 aromatic heterocycles. The number of nitrogens with zero attached hydrogens (tertiary/aromatic N) is 1. The highest BCUT2D eigenvalue weighted by Crippen LogP contribution is 2.22. The van der Waals surface area contributed by atoms with Crippen molar-refractivity contribution < 1.29 is 14.4 Å². The zero-order valence-electron chi connectivity index (χ0n) is 18.4. The van der Waals surface area contributed by atoms with Crippen molar-refractivity contribution in [2.45, 2.75) is 45.7 Å². The van der Waals surface area contributed by atoms with Gasteiger partial charge in [-0.1, -0.05) is 26.0 Å². The van der Waals surface area contributed by atoms with Gasteiger partial charge in [-0.15, -0.1) is 0 Å². The monoisotopic (exact) mass is 432 g/mol. The molecule has 4 rings (SSSR count). The largest absolute Gasteiger partial charge is 0.347 e. The van der Waals surface area contributed by atoms with Crippen molar-refractivity contribution in [3.05, 3.63) is 60.3 Å². The molecule has 166 valence electrons. The first kappa shape index (κ1) is 21.6. The second-order valence-electron chi connectivity index (χ2n) is 8.61. The van der Waals surface area contributed by atoms with Gasteiger partial charge < -0.3 is 20.5 Å². The molecule has 0 radical (unpaired) electrons. The summed E-state index contributed by atoms with van der Waals surface area (Å²) in [5.74, 6) is -0.204. The van der Waals surface area contributed by atoms with E-state index < -0.39 is 6.04 Å². The van der Waals surface area contributed by atoms with Crippen molar-refractivity contribution in [2.75, 3.05) is 10.6 Å². The number of carbonyl (C=O) groups is 3. The molecular formula is C25H28N4O3. The molecule has 1 atom stereocenters. The Bertz CT molecular complexity index is 1160. The highest BCUT2D eigenvalue weighted by Gasteiger charge is 2.27. The van der Waals surface area contributed by atoms with Gasteiger partial charge in [-0.05, 0) is 55.2 Å². The molecule has 0 saturated carbocycles. The zero-order valence-corrected chi connectivity index (χ0v) is 18.4. The summed E-state index contributed by atoms with van der Waals surface area (Å²) in [6.45, 7) is 5.39. The predicted molar refractivity (Wildman–Crippen MR) is 126 cm³/mol. The average Bonchev–Trinajstić information content (AvgIpc) is 3.12. The van der Waals surface area contributed by atoms with E-state index in [-0.39, 0.29) is 30.6 Å². The van der Waals surface area contributed by atoms with Crippen LogP contribution in [0.15, 0.2) is 54.7 Å². The second kappa shape index (κ2) is 9.26. The van der Waals surface area contributed by atoms with Gasteiger partial charge >= 0.3 is 0 Å². The average molecular weight is 433 g/mol. The molecule has 7 nitrogen and oxygen atoms in total. The second-order valence-corrected chi connectivity index (χ2v) is 8.61. The maximum Gasteiger partial charge on any atom is 0.254 e. The molecule has 1 aliphatic heterocycles. The summed E-state index contributed by atoms with van der Waals surface area (Å²) in [5.41, 5.74) is 2.75. The fraction of sp³-hybridized carbons (Fsp3) is 0.320. The Kier molecular flexibility index (Phi) is 6.25. The van der Waals surface area contributed by atoms with Gasteiger partial charge in [0.25, 0.3) is 5.91 Å². The quantitative estimate of drug-likeness (QED) is 0.524. The van der Waals surface area contributed by atoms with Crippen molar-refractivity contribution in [3.8, 4) is 0 Å². The van der Waals surface area contributed by atoms with Gasteiger partial charge in [0, 0.05) is 35.8 Å². The Hall–Kier alpha value is -3.61. The number of anilines is 2. The van der Waals surface area contributed by atoms with E-state index in [9.17, 15) is 14.4 Å². The van der Waals surface area contributed by atoms with Crippen LogP contribution in [0.3, 0.4) is 0 Å². The number of rotatable bonds is 7. The maximum atomic E-state index is 12.5. The number of benzene rings is 2. The molecule has 32 heavy (non-hydrogen) atoms. The van der Waals surface area contributed by atoms with Crippen LogP contribution in [0.2, 0.25) is 0 Å². The zero-order chi connectivity index (χ0) is 22.7. The number of nitrogens with one attached hydrogen (secondary N) is 3. The molecule has 3 amide bonds. The van der Waals surface area contributed by atoms with Gasteiger partial charge in [-0.25, -0.2) is 0 Å². The fourth-order valence-electron chi connectivity index (χ4n) is 3.88. The summed E-state index contributed by atoms with van der Waals surface area (Å²) in [6, 6.07) is 14.0. The van der Waals surface area contributed by atoms with E-state index in [0.29, 0.717) is 22.9 Å². The minimum atomic E-state index is -0.766. The van der Waals surface area contributed by atoms with Crippen molar-refractivity contribution in [1.29, 1.82) is 0 Å². The van der Waals surface area contributed by atoms with Crippen LogP contribution in [0.25, 0.3) is 10.9 Å². The predicted octanol–water partition coefficient (Wildman–Crippen LogP) is 4.16. The number of para-hydroxylation sites is 1. The molecule has 0 bridgehead atoms. The lowest BCUT2D eigenvalue weighted by atomic mass is 10.1. The third-order valence-corrected chi connectivity index (χ3v) is 5.71. The molecule has 0 spiro atoms. The van der Waals surface area contributed by atoms with Crippen LogP contribution in [-0.4, -0.2) is 28.3 Å². The lowest BCUT2D eigenvalue weighted by molar-refractivity contribution is -0.118. The van der Waals surface area contributed by atoms with Crippen molar-refractivity contribution >= 4 is 40.0 Å². The van der Waals surface area contributed by atoms with Crippen molar-refractivity contribution in [3.63, 3.8) is 0 Å². The van der Waals surface area contributed by atoms with E-state index >= 15 is 0 Å². The van der Waals surface area contributed by atoms with Gasteiger partial charge in [0.05, 0.1) is 11.3 Å². The molecular weight excluding hydrogens is 404 g/mol. The number of aryl methyl sites for hydroxylation is 1. The first-order valence-corrected chi connectivity index (χ1v) is 11.0. The van der Waals surface area contributed by atoms with Crippen LogP contribution < -0.4 is 16.0 Å². The fourth-order valence-corrected chi connectivity index (χ4v) is 3.88. The summed E-state index contributed by atoms with van der Waals surface area (Å²) in [6.07, 6.45) is 3.51. The summed E-state index contributed by atoms with van der Waals surface area (Å²) in [5, 5.41) is 9.45. The molecule has 2 heterocycles. The molecule has 0 aliphatic carbocycles. The summed E-state index contributed by atoms with van der Waals surface area (Å²) in [4.78, 5) is 37.4. The first-order valence-electron chi connectivity index (χ1n) is 11.0. The first-order chi connectivity index (χ1) is 15.4. The van der Waals surface area contributed by atoms with Crippen LogP contribution >= 0.6 is 0 Å². The highest BCUT2D eigenvalue weighted by atomic mass is 16.2. The van der Waals surface area contributed by atoms with E-state index in [1.807, 2.05) is 24.3 Å².